The van der Waals surface area contributed by atoms with E-state index in [-0.39, 0.29) is 11.0 Å². The van der Waals surface area contributed by atoms with Gasteiger partial charge in [-0.1, -0.05) is 36.4 Å². The van der Waals surface area contributed by atoms with E-state index in [1.54, 1.807) is 17.8 Å². The molecule has 0 bridgehead atoms. The second-order valence-corrected chi connectivity index (χ2v) is 10.9. The van der Waals surface area contributed by atoms with Gasteiger partial charge in [-0.25, -0.2) is 13.6 Å². The van der Waals surface area contributed by atoms with Crippen LogP contribution in [0.25, 0.3) is 6.08 Å². The molecule has 0 amide bonds. The summed E-state index contributed by atoms with van der Waals surface area (Å²) in [5.41, 5.74) is 6.21. The summed E-state index contributed by atoms with van der Waals surface area (Å²) in [5, 5.41) is 9.67. The number of ether oxygens (including phenoxy) is 1. The van der Waals surface area contributed by atoms with Crippen LogP contribution in [0, 0.1) is 0 Å². The molecule has 2 aromatic rings. The lowest BCUT2D eigenvalue weighted by molar-refractivity contribution is 0.243. The lowest BCUT2D eigenvalue weighted by Gasteiger charge is -2.24. The molecule has 0 saturated carbocycles. The highest BCUT2D eigenvalue weighted by Crippen LogP contribution is 2.46. The first-order valence-corrected chi connectivity index (χ1v) is 12.9. The second kappa shape index (κ2) is 8.37. The minimum Gasteiger partial charge on any atom is -0.489 e. The Bertz CT molecular complexity index is 1200. The third kappa shape index (κ3) is 4.40. The topological polar surface area (TPSA) is 81.4 Å². The van der Waals surface area contributed by atoms with Crippen LogP contribution in [0.2, 0.25) is 0 Å². The van der Waals surface area contributed by atoms with Crippen molar-refractivity contribution < 1.29 is 13.2 Å². The number of nitrogens with one attached hydrogen (secondary N) is 1. The SMILES string of the molecule is CCC1C(C)=Cc2ccc3c(c21)CC=C(Nc1cc(S(N)(=O)=O)ccc1OC(C)C)S3. The average molecular weight is 457 g/mol. The molecule has 0 aromatic heterocycles. The van der Waals surface area contributed by atoms with Crippen LogP contribution in [0.15, 0.2) is 56.8 Å². The molecule has 7 heteroatoms. The normalized spacial score (nSPS) is 17.7. The van der Waals surface area contributed by atoms with Crippen LogP contribution in [-0.4, -0.2) is 14.5 Å². The molecular weight excluding hydrogens is 428 g/mol. The lowest BCUT2D eigenvalue weighted by Crippen LogP contribution is -2.14. The maximum Gasteiger partial charge on any atom is 0.238 e. The van der Waals surface area contributed by atoms with E-state index in [9.17, 15) is 8.42 Å². The number of allylic oxidation sites excluding steroid dienone is 2. The van der Waals surface area contributed by atoms with E-state index in [0.29, 0.717) is 17.4 Å². The molecule has 0 fully saturated rings. The summed E-state index contributed by atoms with van der Waals surface area (Å²) in [6, 6.07) is 9.05. The minimum atomic E-state index is -3.81. The molecule has 164 valence electrons. The third-order valence-corrected chi connectivity index (χ3v) is 7.65. The van der Waals surface area contributed by atoms with E-state index >= 15 is 0 Å². The van der Waals surface area contributed by atoms with Gasteiger partial charge in [0.1, 0.15) is 5.75 Å². The number of rotatable bonds is 6. The monoisotopic (exact) mass is 456 g/mol. The van der Waals surface area contributed by atoms with Crippen LogP contribution in [-0.2, 0) is 16.4 Å². The van der Waals surface area contributed by atoms with Gasteiger partial charge in [0, 0.05) is 10.8 Å². The number of primary sulfonamides is 1. The Balaban J connectivity index is 1.64. The lowest BCUT2D eigenvalue weighted by atomic mass is 9.89. The fourth-order valence-corrected chi connectivity index (χ4v) is 5.87. The molecule has 31 heavy (non-hydrogen) atoms. The van der Waals surface area contributed by atoms with Gasteiger partial charge in [-0.15, -0.1) is 0 Å². The molecule has 1 atom stereocenters. The van der Waals surface area contributed by atoms with Gasteiger partial charge in [0.25, 0.3) is 0 Å². The fraction of sp³-hybridized carbons (Fsp3) is 0.333. The Morgan fingerprint density at radius 1 is 1.26 bits per heavy atom. The largest absolute Gasteiger partial charge is 0.489 e. The molecular formula is C24H28N2O3S2. The van der Waals surface area contributed by atoms with Gasteiger partial charge in [-0.05, 0) is 80.6 Å². The predicted octanol–water partition coefficient (Wildman–Crippen LogP) is 5.63. The maximum atomic E-state index is 11.9. The number of thioether (sulfide) groups is 1. The Labute approximate surface area is 188 Å². The summed E-state index contributed by atoms with van der Waals surface area (Å²) in [6.07, 6.45) is 6.36. The van der Waals surface area contributed by atoms with Crippen LogP contribution in [0.1, 0.15) is 56.7 Å². The number of sulfonamides is 1. The summed E-state index contributed by atoms with van der Waals surface area (Å²) in [5.74, 6) is 1.08. The number of fused-ring (bicyclic) bond motifs is 3. The fourth-order valence-electron chi connectivity index (χ4n) is 4.31. The molecule has 4 rings (SSSR count). The highest BCUT2D eigenvalue weighted by molar-refractivity contribution is 8.03. The van der Waals surface area contributed by atoms with Crippen molar-refractivity contribution in [2.45, 2.75) is 62.3 Å². The molecule has 1 unspecified atom stereocenters. The third-order valence-electron chi connectivity index (χ3n) is 5.65. The predicted molar refractivity (Wildman–Crippen MR) is 128 cm³/mol. The van der Waals surface area contributed by atoms with Crippen LogP contribution in [0.3, 0.4) is 0 Å². The van der Waals surface area contributed by atoms with Crippen molar-refractivity contribution in [3.63, 3.8) is 0 Å². The Morgan fingerprint density at radius 2 is 2.03 bits per heavy atom. The van der Waals surface area contributed by atoms with Crippen molar-refractivity contribution in [1.82, 2.24) is 0 Å². The zero-order valence-corrected chi connectivity index (χ0v) is 19.9. The molecule has 1 aliphatic carbocycles. The van der Waals surface area contributed by atoms with Crippen LogP contribution in [0.4, 0.5) is 5.69 Å². The quantitative estimate of drug-likeness (QED) is 0.588. The van der Waals surface area contributed by atoms with Crippen molar-refractivity contribution in [2.75, 3.05) is 5.32 Å². The molecule has 0 radical (unpaired) electrons. The number of benzene rings is 2. The smallest absolute Gasteiger partial charge is 0.238 e. The highest BCUT2D eigenvalue weighted by atomic mass is 32.2. The summed E-state index contributed by atoms with van der Waals surface area (Å²) < 4.78 is 29.6. The van der Waals surface area contributed by atoms with Gasteiger partial charge in [0.15, 0.2) is 0 Å². The van der Waals surface area contributed by atoms with Crippen LogP contribution in [0.5, 0.6) is 5.75 Å². The molecule has 1 aliphatic heterocycles. The number of anilines is 1. The summed E-state index contributed by atoms with van der Waals surface area (Å²) in [4.78, 5) is 1.29. The van der Waals surface area contributed by atoms with Gasteiger partial charge in [0.05, 0.1) is 21.7 Å². The van der Waals surface area contributed by atoms with E-state index in [1.165, 1.54) is 39.3 Å². The van der Waals surface area contributed by atoms with Gasteiger partial charge < -0.3 is 10.1 Å². The van der Waals surface area contributed by atoms with Crippen molar-refractivity contribution >= 4 is 33.5 Å². The van der Waals surface area contributed by atoms with E-state index in [4.69, 9.17) is 9.88 Å². The molecule has 2 aliphatic rings. The second-order valence-electron chi connectivity index (χ2n) is 8.26. The van der Waals surface area contributed by atoms with Gasteiger partial charge in [-0.3, -0.25) is 0 Å². The highest BCUT2D eigenvalue weighted by Gasteiger charge is 2.27. The zero-order chi connectivity index (χ0) is 22.3. The van der Waals surface area contributed by atoms with E-state index in [2.05, 4.69) is 43.4 Å². The van der Waals surface area contributed by atoms with E-state index < -0.39 is 10.0 Å². The summed E-state index contributed by atoms with van der Waals surface area (Å²) in [6.45, 7) is 8.32. The minimum absolute atomic E-state index is 0.0427. The van der Waals surface area contributed by atoms with Crippen LogP contribution >= 0.6 is 11.8 Å². The molecule has 3 N–H and O–H groups in total. The first-order chi connectivity index (χ1) is 14.7. The summed E-state index contributed by atoms with van der Waals surface area (Å²) in [7, 11) is -3.81. The van der Waals surface area contributed by atoms with E-state index in [1.807, 2.05) is 13.8 Å². The molecule has 2 aromatic carbocycles. The first-order valence-electron chi connectivity index (χ1n) is 10.5. The Hall–Kier alpha value is -2.22. The number of nitrogens with two attached hydrogens (primary N) is 1. The van der Waals surface area contributed by atoms with Crippen molar-refractivity contribution in [3.8, 4) is 5.75 Å². The number of hydrogen-bond donors (Lipinski definition) is 2. The zero-order valence-electron chi connectivity index (χ0n) is 18.2. The molecule has 5 nitrogen and oxygen atoms in total. The standard InChI is InChI=1S/C24H28N2O3S2/c1-5-18-15(4)12-16-6-10-22-19(24(16)18)8-11-23(30-22)26-20-13-17(31(25,27)28)7-9-21(20)29-14(2)3/h6-7,9-14,18,26H,5,8H2,1-4H3,(H2,25,27,28). The van der Waals surface area contributed by atoms with Gasteiger partial charge in [0.2, 0.25) is 10.0 Å². The van der Waals surface area contributed by atoms with Crippen molar-refractivity contribution in [1.29, 1.82) is 0 Å². The van der Waals surface area contributed by atoms with Gasteiger partial charge >= 0.3 is 0 Å². The number of hydrogen-bond acceptors (Lipinski definition) is 5. The summed E-state index contributed by atoms with van der Waals surface area (Å²) >= 11 is 1.66. The Morgan fingerprint density at radius 3 is 2.71 bits per heavy atom. The van der Waals surface area contributed by atoms with Crippen molar-refractivity contribution in [3.05, 3.63) is 63.7 Å². The molecule has 0 saturated heterocycles. The van der Waals surface area contributed by atoms with Crippen LogP contribution < -0.4 is 15.2 Å². The van der Waals surface area contributed by atoms with E-state index in [0.717, 1.165) is 17.9 Å². The average Bonchev–Trinajstić information content (AvgIpc) is 3.03. The Kier molecular flexibility index (Phi) is 5.94. The molecule has 1 heterocycles. The molecule has 0 spiro atoms. The van der Waals surface area contributed by atoms with Gasteiger partial charge in [-0.2, -0.15) is 0 Å². The maximum absolute atomic E-state index is 11.9. The first kappa shape index (κ1) is 22.0. The van der Waals surface area contributed by atoms with Crippen molar-refractivity contribution in [2.24, 2.45) is 5.14 Å².